The van der Waals surface area contributed by atoms with Crippen LogP contribution in [0.3, 0.4) is 0 Å². The Balaban J connectivity index is 2.16. The standard InChI is InChI=1S/C15H20N2O4/c1-4-21-13(18)11-7-5-6-8-12(11)16-14(19)17-10-20-9-15(17,2)3/h5-8H,4,9-10H2,1-3H3,(H,16,19). The highest BCUT2D eigenvalue weighted by Crippen LogP contribution is 2.24. The third-order valence-electron chi connectivity index (χ3n) is 3.32. The molecule has 1 aromatic rings. The summed E-state index contributed by atoms with van der Waals surface area (Å²) >= 11 is 0. The molecule has 0 bridgehead atoms. The lowest BCUT2D eigenvalue weighted by Gasteiger charge is -2.29. The quantitative estimate of drug-likeness (QED) is 0.869. The Morgan fingerprint density at radius 2 is 2.10 bits per heavy atom. The fourth-order valence-electron chi connectivity index (χ4n) is 2.13. The van der Waals surface area contributed by atoms with Gasteiger partial charge >= 0.3 is 12.0 Å². The molecular formula is C15H20N2O4. The first-order chi connectivity index (χ1) is 9.95. The van der Waals surface area contributed by atoms with E-state index in [-0.39, 0.29) is 24.9 Å². The van der Waals surface area contributed by atoms with Crippen molar-refractivity contribution >= 4 is 17.7 Å². The number of anilines is 1. The summed E-state index contributed by atoms with van der Waals surface area (Å²) in [6, 6.07) is 6.48. The maximum atomic E-state index is 12.3. The van der Waals surface area contributed by atoms with Crippen LogP contribution in [0.2, 0.25) is 0 Å². The summed E-state index contributed by atoms with van der Waals surface area (Å²) in [6.45, 7) is 6.60. The van der Waals surface area contributed by atoms with Gasteiger partial charge in [-0.2, -0.15) is 0 Å². The molecule has 21 heavy (non-hydrogen) atoms. The Hall–Kier alpha value is -2.08. The number of carbonyl (C=O) groups is 2. The van der Waals surface area contributed by atoms with Crippen molar-refractivity contribution in [2.45, 2.75) is 26.3 Å². The minimum absolute atomic E-state index is 0.237. The molecule has 2 rings (SSSR count). The average molecular weight is 292 g/mol. The minimum atomic E-state index is -0.453. The molecule has 0 unspecified atom stereocenters. The van der Waals surface area contributed by atoms with Gasteiger partial charge in [-0.1, -0.05) is 12.1 Å². The van der Waals surface area contributed by atoms with Crippen molar-refractivity contribution in [3.8, 4) is 0 Å². The number of para-hydroxylation sites is 1. The van der Waals surface area contributed by atoms with Gasteiger partial charge in [0.15, 0.2) is 0 Å². The van der Waals surface area contributed by atoms with E-state index in [1.807, 2.05) is 13.8 Å². The summed E-state index contributed by atoms with van der Waals surface area (Å²) in [6.07, 6.45) is 0. The van der Waals surface area contributed by atoms with Crippen molar-refractivity contribution < 1.29 is 19.1 Å². The number of rotatable bonds is 3. The Labute approximate surface area is 124 Å². The lowest BCUT2D eigenvalue weighted by Crippen LogP contribution is -2.46. The van der Waals surface area contributed by atoms with E-state index in [1.54, 1.807) is 36.1 Å². The number of urea groups is 1. The van der Waals surface area contributed by atoms with E-state index in [9.17, 15) is 9.59 Å². The van der Waals surface area contributed by atoms with Crippen LogP contribution in [0.4, 0.5) is 10.5 Å². The largest absolute Gasteiger partial charge is 0.462 e. The van der Waals surface area contributed by atoms with Gasteiger partial charge in [0, 0.05) is 0 Å². The molecule has 0 aromatic heterocycles. The van der Waals surface area contributed by atoms with E-state index in [2.05, 4.69) is 5.32 Å². The second kappa shape index (κ2) is 6.13. The molecular weight excluding hydrogens is 272 g/mol. The Bertz CT molecular complexity index is 542. The van der Waals surface area contributed by atoms with Gasteiger partial charge < -0.3 is 14.8 Å². The third kappa shape index (κ3) is 3.33. The van der Waals surface area contributed by atoms with Gasteiger partial charge in [-0.25, -0.2) is 9.59 Å². The summed E-state index contributed by atoms with van der Waals surface area (Å²) in [5.41, 5.74) is 0.400. The fraction of sp³-hybridized carbons (Fsp3) is 0.467. The molecule has 0 spiro atoms. The zero-order chi connectivity index (χ0) is 15.5. The molecule has 1 aromatic carbocycles. The van der Waals surface area contributed by atoms with E-state index in [0.717, 1.165) is 0 Å². The molecule has 114 valence electrons. The molecule has 1 heterocycles. The second-order valence-corrected chi connectivity index (χ2v) is 5.41. The minimum Gasteiger partial charge on any atom is -0.462 e. The van der Waals surface area contributed by atoms with Crippen LogP contribution in [-0.2, 0) is 9.47 Å². The highest BCUT2D eigenvalue weighted by atomic mass is 16.5. The first-order valence-corrected chi connectivity index (χ1v) is 6.88. The van der Waals surface area contributed by atoms with Crippen LogP contribution in [-0.4, -0.2) is 42.4 Å². The van der Waals surface area contributed by atoms with Gasteiger partial charge in [-0.05, 0) is 32.9 Å². The topological polar surface area (TPSA) is 67.9 Å². The molecule has 0 aliphatic carbocycles. The van der Waals surface area contributed by atoms with E-state index in [0.29, 0.717) is 17.9 Å². The van der Waals surface area contributed by atoms with E-state index >= 15 is 0 Å². The first-order valence-electron chi connectivity index (χ1n) is 6.88. The maximum Gasteiger partial charge on any atom is 0.340 e. The van der Waals surface area contributed by atoms with Crippen LogP contribution in [0.25, 0.3) is 0 Å². The van der Waals surface area contributed by atoms with Crippen molar-refractivity contribution in [3.63, 3.8) is 0 Å². The molecule has 6 heteroatoms. The second-order valence-electron chi connectivity index (χ2n) is 5.41. The lowest BCUT2D eigenvalue weighted by atomic mass is 10.1. The smallest absolute Gasteiger partial charge is 0.340 e. The Kier molecular flexibility index (Phi) is 4.47. The number of carbonyl (C=O) groups excluding carboxylic acids is 2. The van der Waals surface area contributed by atoms with Gasteiger partial charge in [-0.3, -0.25) is 4.90 Å². The molecule has 0 radical (unpaired) electrons. The number of nitrogens with one attached hydrogen (secondary N) is 1. The molecule has 6 nitrogen and oxygen atoms in total. The molecule has 1 N–H and O–H groups in total. The molecule has 0 atom stereocenters. The molecule has 1 fully saturated rings. The Morgan fingerprint density at radius 1 is 1.38 bits per heavy atom. The maximum absolute atomic E-state index is 12.3. The van der Waals surface area contributed by atoms with Gasteiger partial charge in [0.05, 0.1) is 30.0 Å². The number of benzene rings is 1. The normalized spacial score (nSPS) is 16.6. The number of ether oxygens (including phenoxy) is 2. The van der Waals surface area contributed by atoms with Crippen LogP contribution >= 0.6 is 0 Å². The summed E-state index contributed by atoms with van der Waals surface area (Å²) < 4.78 is 10.3. The fourth-order valence-corrected chi connectivity index (χ4v) is 2.13. The zero-order valence-corrected chi connectivity index (χ0v) is 12.5. The SMILES string of the molecule is CCOC(=O)c1ccccc1NC(=O)N1COCC1(C)C. The van der Waals surface area contributed by atoms with Gasteiger partial charge in [-0.15, -0.1) is 0 Å². The monoisotopic (exact) mass is 292 g/mol. The highest BCUT2D eigenvalue weighted by Gasteiger charge is 2.36. The molecule has 0 saturated carbocycles. The van der Waals surface area contributed by atoms with Crippen LogP contribution in [0.5, 0.6) is 0 Å². The number of nitrogens with zero attached hydrogens (tertiary/aromatic N) is 1. The summed E-state index contributed by atoms with van der Waals surface area (Å²) in [7, 11) is 0. The molecule has 1 saturated heterocycles. The van der Waals surface area contributed by atoms with Gasteiger partial charge in [0.1, 0.15) is 6.73 Å². The predicted molar refractivity (Wildman–Crippen MR) is 78.2 cm³/mol. The number of hydrogen-bond donors (Lipinski definition) is 1. The summed E-state index contributed by atoms with van der Waals surface area (Å²) in [4.78, 5) is 25.8. The lowest BCUT2D eigenvalue weighted by molar-refractivity contribution is 0.0527. The van der Waals surface area contributed by atoms with E-state index < -0.39 is 5.97 Å². The molecule has 1 aliphatic heterocycles. The van der Waals surface area contributed by atoms with Gasteiger partial charge in [0.25, 0.3) is 0 Å². The van der Waals surface area contributed by atoms with Crippen LogP contribution in [0.15, 0.2) is 24.3 Å². The molecule has 2 amide bonds. The first kappa shape index (κ1) is 15.3. The number of amides is 2. The van der Waals surface area contributed by atoms with Crippen LogP contribution in [0, 0.1) is 0 Å². The third-order valence-corrected chi connectivity index (χ3v) is 3.32. The molecule has 1 aliphatic rings. The summed E-state index contributed by atoms with van der Waals surface area (Å²) in [5.74, 6) is -0.453. The van der Waals surface area contributed by atoms with Crippen LogP contribution < -0.4 is 5.32 Å². The van der Waals surface area contributed by atoms with Gasteiger partial charge in [0.2, 0.25) is 0 Å². The van der Waals surface area contributed by atoms with Crippen LogP contribution in [0.1, 0.15) is 31.1 Å². The van der Waals surface area contributed by atoms with Crippen molar-refractivity contribution in [1.29, 1.82) is 0 Å². The van der Waals surface area contributed by atoms with Crippen molar-refractivity contribution in [2.75, 3.05) is 25.3 Å². The van der Waals surface area contributed by atoms with E-state index in [4.69, 9.17) is 9.47 Å². The predicted octanol–water partition coefficient (Wildman–Crippen LogP) is 2.46. The Morgan fingerprint density at radius 3 is 2.71 bits per heavy atom. The highest BCUT2D eigenvalue weighted by molar-refractivity contribution is 6.01. The summed E-state index contributed by atoms with van der Waals surface area (Å²) in [5, 5.41) is 2.75. The average Bonchev–Trinajstić information content (AvgIpc) is 2.79. The number of esters is 1. The number of hydrogen-bond acceptors (Lipinski definition) is 4. The van der Waals surface area contributed by atoms with Crippen molar-refractivity contribution in [3.05, 3.63) is 29.8 Å². The van der Waals surface area contributed by atoms with E-state index in [1.165, 1.54) is 0 Å². The van der Waals surface area contributed by atoms with Crippen molar-refractivity contribution in [2.24, 2.45) is 0 Å². The zero-order valence-electron chi connectivity index (χ0n) is 12.5. The van der Waals surface area contributed by atoms with Crippen molar-refractivity contribution in [1.82, 2.24) is 4.90 Å².